The van der Waals surface area contributed by atoms with Crippen LogP contribution < -0.4 is 14.9 Å². The van der Waals surface area contributed by atoms with Crippen molar-refractivity contribution in [2.45, 2.75) is 24.3 Å². The topological polar surface area (TPSA) is 126 Å². The molecule has 1 rings (SSSR count). The summed E-state index contributed by atoms with van der Waals surface area (Å²) in [6.07, 6.45) is 1.81. The van der Waals surface area contributed by atoms with E-state index in [2.05, 4.69) is 0 Å². The van der Waals surface area contributed by atoms with Crippen molar-refractivity contribution < 1.29 is 28.2 Å². The minimum atomic E-state index is -4.18. The van der Waals surface area contributed by atoms with Gasteiger partial charge in [-0.2, -0.15) is 11.8 Å². The van der Waals surface area contributed by atoms with E-state index < -0.39 is 28.0 Å². The fraction of sp³-hybridized carbons (Fsp3) is 0.385. The molecule has 0 saturated heterocycles. The molecule has 0 heterocycles. The highest BCUT2D eigenvalue weighted by molar-refractivity contribution is 7.98. The van der Waals surface area contributed by atoms with Crippen molar-refractivity contribution in [1.29, 1.82) is 0 Å². The lowest BCUT2D eigenvalue weighted by molar-refractivity contribution is -0.308. The minimum absolute atomic E-state index is 0.0575. The first-order chi connectivity index (χ1) is 10.2. The summed E-state index contributed by atoms with van der Waals surface area (Å²) in [6, 6.07) is 2.07. The van der Waals surface area contributed by atoms with Gasteiger partial charge in [0.05, 0.1) is 22.9 Å². The first-order valence-electron chi connectivity index (χ1n) is 6.23. The number of carboxylic acid groups (broad SMARTS) is 2. The van der Waals surface area contributed by atoms with Gasteiger partial charge in [0.2, 0.25) is 10.0 Å². The fourth-order valence-electron chi connectivity index (χ4n) is 1.70. The van der Waals surface area contributed by atoms with Crippen molar-refractivity contribution in [2.24, 2.45) is 0 Å². The number of benzene rings is 1. The number of aliphatic carboxylic acids is 1. The maximum absolute atomic E-state index is 12.2. The number of sulfonamides is 1. The molecule has 122 valence electrons. The minimum Gasteiger partial charge on any atom is -0.548 e. The van der Waals surface area contributed by atoms with Gasteiger partial charge in [-0.25, -0.2) is 13.1 Å². The summed E-state index contributed by atoms with van der Waals surface area (Å²) in [5.74, 6) is -2.61. The summed E-state index contributed by atoms with van der Waals surface area (Å²) in [5.41, 5.74) is 0.0785. The van der Waals surface area contributed by atoms with E-state index in [0.717, 1.165) is 6.07 Å². The van der Waals surface area contributed by atoms with Gasteiger partial charge < -0.3 is 19.8 Å². The SMILES string of the molecule is CSCC[C@H](NS(=O)(=O)c1ccc(C)c(C(=O)[O-])c1)C(=O)[O-]. The third kappa shape index (κ3) is 4.72. The Morgan fingerprint density at radius 2 is 1.95 bits per heavy atom. The number of hydrogen-bond acceptors (Lipinski definition) is 7. The molecule has 0 bridgehead atoms. The highest BCUT2D eigenvalue weighted by Gasteiger charge is 2.21. The Bertz CT molecular complexity index is 671. The van der Waals surface area contributed by atoms with Crippen LogP contribution in [-0.2, 0) is 14.8 Å². The van der Waals surface area contributed by atoms with Crippen molar-refractivity contribution in [1.82, 2.24) is 4.72 Å². The van der Waals surface area contributed by atoms with Crippen LogP contribution >= 0.6 is 11.8 Å². The molecule has 1 N–H and O–H groups in total. The average Bonchev–Trinajstić information content (AvgIpc) is 2.43. The number of aryl methyl sites for hydroxylation is 1. The highest BCUT2D eigenvalue weighted by atomic mass is 32.2. The first kappa shape index (κ1) is 18.5. The number of rotatable bonds is 8. The van der Waals surface area contributed by atoms with E-state index in [0.29, 0.717) is 11.3 Å². The van der Waals surface area contributed by atoms with Gasteiger partial charge in [0.1, 0.15) is 0 Å². The number of carboxylic acids is 2. The van der Waals surface area contributed by atoms with E-state index >= 15 is 0 Å². The molecule has 0 radical (unpaired) electrons. The molecule has 0 amide bonds. The zero-order chi connectivity index (χ0) is 16.9. The lowest BCUT2D eigenvalue weighted by Crippen LogP contribution is -2.48. The van der Waals surface area contributed by atoms with Gasteiger partial charge in [-0.1, -0.05) is 6.07 Å². The third-order valence-electron chi connectivity index (χ3n) is 2.93. The summed E-state index contributed by atoms with van der Waals surface area (Å²) < 4.78 is 26.4. The van der Waals surface area contributed by atoms with Gasteiger partial charge >= 0.3 is 0 Å². The van der Waals surface area contributed by atoms with Gasteiger partial charge in [-0.3, -0.25) is 0 Å². The Balaban J connectivity index is 3.10. The second-order valence-electron chi connectivity index (χ2n) is 4.54. The zero-order valence-electron chi connectivity index (χ0n) is 12.0. The van der Waals surface area contributed by atoms with Crippen LogP contribution in [0.3, 0.4) is 0 Å². The summed E-state index contributed by atoms with van der Waals surface area (Å²) in [6.45, 7) is 1.50. The molecule has 7 nitrogen and oxygen atoms in total. The molecule has 0 fully saturated rings. The van der Waals surface area contributed by atoms with E-state index in [9.17, 15) is 28.2 Å². The lowest BCUT2D eigenvalue weighted by atomic mass is 10.1. The molecule has 9 heteroatoms. The fourth-order valence-corrected chi connectivity index (χ4v) is 3.42. The summed E-state index contributed by atoms with van der Waals surface area (Å²) in [4.78, 5) is 21.6. The molecule has 0 saturated carbocycles. The van der Waals surface area contributed by atoms with Crippen LogP contribution in [0.4, 0.5) is 0 Å². The molecule has 0 spiro atoms. The van der Waals surface area contributed by atoms with Crippen molar-refractivity contribution in [3.05, 3.63) is 29.3 Å². The number of carbonyl (C=O) groups is 2. The monoisotopic (exact) mass is 345 g/mol. The van der Waals surface area contributed by atoms with Crippen LogP contribution in [0.25, 0.3) is 0 Å². The van der Waals surface area contributed by atoms with Gasteiger partial charge in [0.25, 0.3) is 0 Å². The Hall–Kier alpha value is -1.58. The number of aromatic carboxylic acids is 1. The normalized spacial score (nSPS) is 12.8. The van der Waals surface area contributed by atoms with E-state index in [4.69, 9.17) is 0 Å². The number of hydrogen-bond donors (Lipinski definition) is 1. The maximum Gasteiger partial charge on any atom is 0.241 e. The summed E-state index contributed by atoms with van der Waals surface area (Å²) in [7, 11) is -4.18. The molecule has 0 aromatic heterocycles. The molecule has 0 aliphatic rings. The number of carbonyl (C=O) groups excluding carboxylic acids is 2. The van der Waals surface area contributed by atoms with Crippen LogP contribution in [0, 0.1) is 6.92 Å². The Labute approximate surface area is 132 Å². The second-order valence-corrected chi connectivity index (χ2v) is 7.24. The van der Waals surface area contributed by atoms with Crippen molar-refractivity contribution >= 4 is 33.7 Å². The van der Waals surface area contributed by atoms with Crippen molar-refractivity contribution in [3.63, 3.8) is 0 Å². The summed E-state index contributed by atoms with van der Waals surface area (Å²) in [5, 5.41) is 21.9. The molecular weight excluding hydrogens is 330 g/mol. The predicted octanol–water partition coefficient (Wildman–Crippen LogP) is -1.49. The van der Waals surface area contributed by atoms with Gasteiger partial charge in [-0.15, -0.1) is 0 Å². The zero-order valence-corrected chi connectivity index (χ0v) is 13.6. The predicted molar refractivity (Wildman–Crippen MR) is 77.6 cm³/mol. The van der Waals surface area contributed by atoms with E-state index in [-0.39, 0.29) is 16.9 Å². The smallest absolute Gasteiger partial charge is 0.241 e. The Morgan fingerprint density at radius 3 is 2.45 bits per heavy atom. The maximum atomic E-state index is 12.2. The van der Waals surface area contributed by atoms with Gasteiger partial charge in [-0.05, 0) is 43.0 Å². The average molecular weight is 345 g/mol. The Kier molecular flexibility index (Phi) is 6.39. The van der Waals surface area contributed by atoms with Crippen LogP contribution in [0.15, 0.2) is 23.1 Å². The quantitative estimate of drug-likeness (QED) is 0.608. The number of thioether (sulfide) groups is 1. The van der Waals surface area contributed by atoms with E-state index in [1.807, 2.05) is 4.72 Å². The van der Waals surface area contributed by atoms with E-state index in [1.54, 1.807) is 6.26 Å². The summed E-state index contributed by atoms with van der Waals surface area (Å²) >= 11 is 1.37. The molecule has 1 atom stereocenters. The van der Waals surface area contributed by atoms with Crippen molar-refractivity contribution in [2.75, 3.05) is 12.0 Å². The molecule has 0 aliphatic heterocycles. The van der Waals surface area contributed by atoms with Gasteiger partial charge in [0, 0.05) is 5.56 Å². The van der Waals surface area contributed by atoms with Crippen molar-refractivity contribution in [3.8, 4) is 0 Å². The van der Waals surface area contributed by atoms with Crippen LogP contribution in [-0.4, -0.2) is 38.4 Å². The molecule has 1 aromatic carbocycles. The van der Waals surface area contributed by atoms with Crippen LogP contribution in [0.5, 0.6) is 0 Å². The molecule has 0 aliphatic carbocycles. The molecule has 22 heavy (non-hydrogen) atoms. The standard InChI is InChI=1S/C13H17NO6S2/c1-8-3-4-9(7-10(8)12(15)16)22(19,20)14-11(13(17)18)5-6-21-2/h3-4,7,11,14H,5-6H2,1-2H3,(H,15,16)(H,17,18)/p-2/t11-/m0/s1. The first-order valence-corrected chi connectivity index (χ1v) is 9.11. The number of nitrogens with one attached hydrogen (secondary N) is 1. The lowest BCUT2D eigenvalue weighted by Gasteiger charge is -2.20. The third-order valence-corrected chi connectivity index (χ3v) is 5.05. The molecular formula is C13H15NO6S2-2. The largest absolute Gasteiger partial charge is 0.548 e. The van der Waals surface area contributed by atoms with Crippen LogP contribution in [0.2, 0.25) is 0 Å². The van der Waals surface area contributed by atoms with E-state index in [1.165, 1.54) is 30.8 Å². The highest BCUT2D eigenvalue weighted by Crippen LogP contribution is 2.16. The molecule has 1 aromatic rings. The molecule has 0 unspecified atom stereocenters. The Morgan fingerprint density at radius 1 is 1.32 bits per heavy atom. The van der Waals surface area contributed by atoms with Gasteiger partial charge in [0.15, 0.2) is 0 Å². The van der Waals surface area contributed by atoms with Crippen LogP contribution in [0.1, 0.15) is 22.3 Å². The second kappa shape index (κ2) is 7.61.